The Morgan fingerprint density at radius 1 is 1.05 bits per heavy atom. The Morgan fingerprint density at radius 2 is 1.63 bits per heavy atom. The lowest BCUT2D eigenvalue weighted by Gasteiger charge is -2.40. The summed E-state index contributed by atoms with van der Waals surface area (Å²) in [6.45, 7) is 7.42. The van der Waals surface area contributed by atoms with Crippen molar-refractivity contribution in [3.8, 4) is 0 Å². The molecule has 12 nitrogen and oxygen atoms in total. The number of alkyl halides is 2. The summed E-state index contributed by atoms with van der Waals surface area (Å²) in [5.74, 6) is -4.56. The number of carbonyl (C=O) groups excluding carboxylic acids is 1. The SMILES string of the molecule is CCN(CC)S(=O)(=O)c1ccc(S(=O)(=O)N2CC(C(=O)N3CCN(c4nc(C(C)C)no4)CC3)CC(F)(F)C2)cc1. The minimum Gasteiger partial charge on any atom is -0.339 e. The van der Waals surface area contributed by atoms with Crippen molar-refractivity contribution >= 4 is 32.0 Å². The van der Waals surface area contributed by atoms with Crippen molar-refractivity contribution in [2.75, 3.05) is 57.3 Å². The third kappa shape index (κ3) is 6.54. The number of carbonyl (C=O) groups is 1. The fraction of sp³-hybridized carbons (Fsp3) is 0.640. The fourth-order valence-corrected chi connectivity index (χ4v) is 7.99. The molecule has 2 aliphatic heterocycles. The van der Waals surface area contributed by atoms with Gasteiger partial charge in [-0.2, -0.15) is 13.6 Å². The molecule has 0 radical (unpaired) electrons. The molecule has 0 spiro atoms. The highest BCUT2D eigenvalue weighted by Gasteiger charge is 2.48. The van der Waals surface area contributed by atoms with Gasteiger partial charge in [0.05, 0.1) is 22.3 Å². The second-order valence-electron chi connectivity index (χ2n) is 10.5. The van der Waals surface area contributed by atoms with Crippen LogP contribution in [0, 0.1) is 5.92 Å². The first-order valence-corrected chi connectivity index (χ1v) is 16.4. The molecule has 1 unspecified atom stereocenters. The van der Waals surface area contributed by atoms with Crippen LogP contribution < -0.4 is 4.90 Å². The van der Waals surface area contributed by atoms with Crippen LogP contribution in [0.5, 0.6) is 0 Å². The maximum atomic E-state index is 14.8. The number of piperazine rings is 1. The van der Waals surface area contributed by atoms with Crippen LogP contribution in [0.2, 0.25) is 0 Å². The van der Waals surface area contributed by atoms with Crippen molar-refractivity contribution in [1.29, 1.82) is 0 Å². The van der Waals surface area contributed by atoms with Crippen molar-refractivity contribution in [2.24, 2.45) is 5.92 Å². The average Bonchev–Trinajstić information content (AvgIpc) is 3.43. The Balaban J connectivity index is 1.46. The molecule has 0 bridgehead atoms. The van der Waals surface area contributed by atoms with Crippen LogP contribution >= 0.6 is 0 Å². The molecule has 2 aliphatic rings. The van der Waals surface area contributed by atoms with E-state index in [9.17, 15) is 30.4 Å². The molecule has 2 aromatic rings. The lowest BCUT2D eigenvalue weighted by molar-refractivity contribution is -0.144. The summed E-state index contributed by atoms with van der Waals surface area (Å²) in [6.07, 6.45) is -0.763. The van der Waals surface area contributed by atoms with E-state index in [1.165, 1.54) is 9.21 Å². The van der Waals surface area contributed by atoms with E-state index in [0.29, 0.717) is 29.2 Å². The van der Waals surface area contributed by atoms with Crippen LogP contribution in [0.25, 0.3) is 0 Å². The van der Waals surface area contributed by atoms with E-state index in [4.69, 9.17) is 4.52 Å². The summed E-state index contributed by atoms with van der Waals surface area (Å²) in [5, 5.41) is 3.94. The van der Waals surface area contributed by atoms with Gasteiger partial charge in [-0.1, -0.05) is 32.9 Å². The van der Waals surface area contributed by atoms with E-state index in [0.717, 1.165) is 24.3 Å². The summed E-state index contributed by atoms with van der Waals surface area (Å²) in [4.78, 5) is 20.5. The number of benzene rings is 1. The average molecular weight is 619 g/mol. The number of sulfonamides is 2. The maximum Gasteiger partial charge on any atom is 0.324 e. The largest absolute Gasteiger partial charge is 0.339 e. The van der Waals surface area contributed by atoms with E-state index in [2.05, 4.69) is 10.1 Å². The van der Waals surface area contributed by atoms with Crippen LogP contribution in [-0.2, 0) is 24.8 Å². The zero-order valence-corrected chi connectivity index (χ0v) is 25.2. The smallest absolute Gasteiger partial charge is 0.324 e. The third-order valence-corrected chi connectivity index (χ3v) is 11.2. The van der Waals surface area contributed by atoms with Gasteiger partial charge in [0, 0.05) is 58.2 Å². The van der Waals surface area contributed by atoms with Crippen LogP contribution in [0.3, 0.4) is 0 Å². The summed E-state index contributed by atoms with van der Waals surface area (Å²) in [5.41, 5.74) is 0. The monoisotopic (exact) mass is 618 g/mol. The van der Waals surface area contributed by atoms with Gasteiger partial charge in [0.2, 0.25) is 26.0 Å². The highest BCUT2D eigenvalue weighted by molar-refractivity contribution is 7.89. The molecular weight excluding hydrogens is 582 g/mol. The summed E-state index contributed by atoms with van der Waals surface area (Å²) < 4.78 is 89.0. The minimum absolute atomic E-state index is 0.0843. The highest BCUT2D eigenvalue weighted by Crippen LogP contribution is 2.35. The minimum atomic E-state index is -4.44. The lowest BCUT2D eigenvalue weighted by atomic mass is 9.95. The first-order valence-electron chi connectivity index (χ1n) is 13.5. The van der Waals surface area contributed by atoms with Gasteiger partial charge in [-0.3, -0.25) is 4.79 Å². The Kier molecular flexibility index (Phi) is 9.07. The van der Waals surface area contributed by atoms with Crippen molar-refractivity contribution in [2.45, 2.75) is 55.7 Å². The first-order chi connectivity index (χ1) is 19.2. The lowest BCUT2D eigenvalue weighted by Crippen LogP contribution is -2.56. The Morgan fingerprint density at radius 3 is 2.17 bits per heavy atom. The summed E-state index contributed by atoms with van der Waals surface area (Å²) >= 11 is 0. The Hall–Kier alpha value is -2.69. The van der Waals surface area contributed by atoms with Crippen molar-refractivity contribution in [3.63, 3.8) is 0 Å². The molecule has 2 fully saturated rings. The van der Waals surface area contributed by atoms with E-state index < -0.39 is 57.3 Å². The predicted octanol–water partition coefficient (Wildman–Crippen LogP) is 2.22. The number of hydrogen-bond acceptors (Lipinski definition) is 9. The second kappa shape index (κ2) is 11.9. The topological polar surface area (TPSA) is 137 Å². The molecule has 0 N–H and O–H groups in total. The molecule has 1 aromatic heterocycles. The molecular formula is C25H36F2N6O6S2. The van der Waals surface area contributed by atoms with Crippen LogP contribution in [0.4, 0.5) is 14.8 Å². The number of nitrogens with zero attached hydrogens (tertiary/aromatic N) is 6. The van der Waals surface area contributed by atoms with Gasteiger partial charge in [-0.25, -0.2) is 25.6 Å². The van der Waals surface area contributed by atoms with Crippen LogP contribution in [-0.4, -0.2) is 105 Å². The Bertz CT molecular complexity index is 1440. The van der Waals surface area contributed by atoms with E-state index >= 15 is 0 Å². The molecule has 3 heterocycles. The van der Waals surface area contributed by atoms with Crippen LogP contribution in [0.15, 0.2) is 38.6 Å². The molecule has 228 valence electrons. The van der Waals surface area contributed by atoms with E-state index in [-0.39, 0.29) is 41.9 Å². The molecule has 1 amide bonds. The first kappa shape index (κ1) is 31.3. The van der Waals surface area contributed by atoms with Crippen molar-refractivity contribution in [1.82, 2.24) is 23.7 Å². The van der Waals surface area contributed by atoms with Crippen molar-refractivity contribution < 1.29 is 34.9 Å². The number of anilines is 1. The van der Waals surface area contributed by atoms with Gasteiger partial charge >= 0.3 is 6.01 Å². The van der Waals surface area contributed by atoms with Gasteiger partial charge in [0.25, 0.3) is 5.92 Å². The van der Waals surface area contributed by atoms with Gasteiger partial charge in [-0.15, -0.1) is 0 Å². The normalized spacial score (nSPS) is 20.6. The second-order valence-corrected chi connectivity index (χ2v) is 14.4. The quantitative estimate of drug-likeness (QED) is 0.414. The van der Waals surface area contributed by atoms with Crippen molar-refractivity contribution in [3.05, 3.63) is 30.1 Å². The number of amides is 1. The van der Waals surface area contributed by atoms with Gasteiger partial charge in [0.15, 0.2) is 5.82 Å². The highest BCUT2D eigenvalue weighted by atomic mass is 32.2. The van der Waals surface area contributed by atoms with Gasteiger partial charge in [0.1, 0.15) is 0 Å². The molecule has 1 atom stereocenters. The third-order valence-electron chi connectivity index (χ3n) is 7.34. The number of hydrogen-bond donors (Lipinski definition) is 0. The zero-order valence-electron chi connectivity index (χ0n) is 23.5. The molecule has 2 saturated heterocycles. The summed E-state index contributed by atoms with van der Waals surface area (Å²) in [7, 11) is -8.26. The Labute approximate surface area is 239 Å². The molecule has 41 heavy (non-hydrogen) atoms. The summed E-state index contributed by atoms with van der Waals surface area (Å²) in [6, 6.07) is 4.82. The molecule has 0 saturated carbocycles. The van der Waals surface area contributed by atoms with E-state index in [1.54, 1.807) is 13.8 Å². The number of aromatic nitrogens is 2. The standard InChI is InChI=1S/C25H36F2N6O6S2/c1-5-32(6-2)40(35,36)20-7-9-21(10-8-20)41(37,38)33-16-19(15-25(26,27)17-33)23(34)30-11-13-31(14-12-30)24-28-22(18(3)4)29-39-24/h7-10,18-19H,5-6,11-17H2,1-4H3. The maximum absolute atomic E-state index is 14.8. The molecule has 1 aromatic carbocycles. The van der Waals surface area contributed by atoms with Crippen LogP contribution in [0.1, 0.15) is 45.9 Å². The number of halogens is 2. The van der Waals surface area contributed by atoms with Gasteiger partial charge < -0.3 is 14.3 Å². The predicted molar refractivity (Wildman–Crippen MR) is 146 cm³/mol. The fourth-order valence-electron chi connectivity index (χ4n) is 5.02. The number of rotatable bonds is 9. The molecule has 4 rings (SSSR count). The number of piperidine rings is 1. The molecule has 16 heteroatoms. The van der Waals surface area contributed by atoms with Gasteiger partial charge in [-0.05, 0) is 24.3 Å². The molecule has 0 aliphatic carbocycles. The zero-order chi connectivity index (χ0) is 30.2. The van der Waals surface area contributed by atoms with E-state index in [1.807, 2.05) is 18.7 Å².